The Balaban J connectivity index is 0. The molecule has 0 bridgehead atoms. The van der Waals surface area contributed by atoms with Gasteiger partial charge in [0.1, 0.15) is 0 Å². The zero-order valence-corrected chi connectivity index (χ0v) is 16.7. The maximum atomic E-state index is 0. The Kier molecular flexibility index (Phi) is 3610. The van der Waals surface area contributed by atoms with E-state index in [1.807, 2.05) is 0 Å². The molecule has 0 atom stereocenters. The molecule has 0 aliphatic heterocycles. The molecule has 0 nitrogen and oxygen atoms in total. The zero-order chi connectivity index (χ0) is 0. The summed E-state index contributed by atoms with van der Waals surface area (Å²) in [6.07, 6.45) is 0. The van der Waals surface area contributed by atoms with E-state index in [1.165, 1.54) is 0 Å². The molecule has 0 spiro atoms. The van der Waals surface area contributed by atoms with Gasteiger partial charge < -0.3 is 136 Å². The predicted octanol–water partition coefficient (Wildman–Crippen LogP) is -33.0. The van der Waals surface area contributed by atoms with Crippen molar-refractivity contribution in [1.82, 2.24) is 0 Å². The fourth-order valence-electron chi connectivity index (χ4n) is 0. The topological polar surface area (TPSA) is 0 Å². The third-order valence-corrected chi connectivity index (χ3v) is 0. The standard InChI is InChI=1S/11ClH.Mo.V/h11*1H;;/q;;;;;;;;;;;+6;+5/p-11. The predicted molar refractivity (Wildman–Crippen MR) is 0 cm³/mol. The Labute approximate surface area is 173 Å². The summed E-state index contributed by atoms with van der Waals surface area (Å²) in [5.74, 6) is 0. The first-order valence-corrected chi connectivity index (χ1v) is 0. The summed E-state index contributed by atoms with van der Waals surface area (Å²) in [5.41, 5.74) is 0. The van der Waals surface area contributed by atoms with Gasteiger partial charge in [-0.2, -0.15) is 0 Å². The van der Waals surface area contributed by atoms with E-state index in [1.54, 1.807) is 0 Å². The summed E-state index contributed by atoms with van der Waals surface area (Å²) >= 11 is 0. The van der Waals surface area contributed by atoms with Gasteiger partial charge in [-0.3, -0.25) is 0 Å². The number of hydrogen-bond acceptors (Lipinski definition) is 0. The third kappa shape index (κ3) is 173. The molecule has 0 radical (unpaired) electrons. The monoisotopic (exact) mass is 534 g/mol. The van der Waals surface area contributed by atoms with Crippen LogP contribution in [0.4, 0.5) is 0 Å². The average Bonchev–Trinajstić information content (AvgIpc) is 0. The summed E-state index contributed by atoms with van der Waals surface area (Å²) in [7, 11) is 0. The van der Waals surface area contributed by atoms with Gasteiger partial charge in [0.2, 0.25) is 0 Å². The molecule has 0 aliphatic carbocycles. The van der Waals surface area contributed by atoms with Crippen LogP contribution < -0.4 is 136 Å². The molecule has 0 aliphatic rings. The Morgan fingerprint density at radius 1 is 0.231 bits per heavy atom. The van der Waals surface area contributed by atoms with Gasteiger partial charge in [0, 0.05) is 0 Å². The van der Waals surface area contributed by atoms with Crippen molar-refractivity contribution in [3.05, 3.63) is 0 Å². The van der Waals surface area contributed by atoms with Crippen LogP contribution in [-0.4, -0.2) is 0 Å². The number of halogens is 11. The van der Waals surface area contributed by atoms with Gasteiger partial charge in [-0.25, -0.2) is 0 Å². The van der Waals surface area contributed by atoms with Crippen molar-refractivity contribution in [3.8, 4) is 0 Å². The molecule has 0 saturated carbocycles. The first-order valence-electron chi connectivity index (χ1n) is 0. The molecule has 13 heavy (non-hydrogen) atoms. The molecule has 13 heteroatoms. The van der Waals surface area contributed by atoms with Gasteiger partial charge in [-0.15, -0.1) is 0 Å². The van der Waals surface area contributed by atoms with E-state index in [0.29, 0.717) is 0 Å². The summed E-state index contributed by atoms with van der Waals surface area (Å²) in [4.78, 5) is 0. The van der Waals surface area contributed by atoms with Crippen LogP contribution >= 0.6 is 0 Å². The van der Waals surface area contributed by atoms with Gasteiger partial charge >= 0.3 is 39.6 Å². The number of hydrogen-bond donors (Lipinski definition) is 0. The molecule has 0 unspecified atom stereocenters. The van der Waals surface area contributed by atoms with E-state index < -0.39 is 0 Å². The van der Waals surface area contributed by atoms with Crippen LogP contribution in [0.1, 0.15) is 0 Å². The maximum absolute atomic E-state index is 0. The van der Waals surface area contributed by atoms with Gasteiger partial charge in [0.25, 0.3) is 0 Å². The molecule has 0 fully saturated rings. The number of rotatable bonds is 0. The van der Waals surface area contributed by atoms with Crippen molar-refractivity contribution in [3.63, 3.8) is 0 Å². The van der Waals surface area contributed by atoms with Crippen molar-refractivity contribution in [2.45, 2.75) is 0 Å². The van der Waals surface area contributed by atoms with Gasteiger partial charge in [0.15, 0.2) is 0 Å². The Morgan fingerprint density at radius 2 is 0.231 bits per heavy atom. The Bertz CT molecular complexity index is 10.1. The fraction of sp³-hybridized carbons (Fsp3) is 0. The molecule has 0 aromatic heterocycles. The van der Waals surface area contributed by atoms with Crippen LogP contribution in [0.2, 0.25) is 0 Å². The second kappa shape index (κ2) is 198. The first kappa shape index (κ1) is 238. The molecule has 88 valence electrons. The average molecular weight is 537 g/mol. The van der Waals surface area contributed by atoms with Gasteiger partial charge in [-0.05, 0) is 0 Å². The second-order valence-electron chi connectivity index (χ2n) is 0. The molecule has 0 N–H and O–H groups in total. The third-order valence-electron chi connectivity index (χ3n) is 0. The van der Waals surface area contributed by atoms with E-state index in [9.17, 15) is 0 Å². The Hall–Kier alpha value is 4.46. The van der Waals surface area contributed by atoms with Crippen LogP contribution in [0.3, 0.4) is 0 Å². The molecule has 0 aromatic rings. The van der Waals surface area contributed by atoms with E-state index in [-0.39, 0.29) is 176 Å². The van der Waals surface area contributed by atoms with Crippen LogP contribution in [0.15, 0.2) is 0 Å². The Morgan fingerprint density at radius 3 is 0.231 bits per heavy atom. The van der Waals surface area contributed by atoms with Crippen LogP contribution in [0.5, 0.6) is 0 Å². The van der Waals surface area contributed by atoms with Gasteiger partial charge in [0.05, 0.1) is 0 Å². The van der Waals surface area contributed by atoms with E-state index in [4.69, 9.17) is 0 Å². The molecular formula is Cl11MoV. The quantitative estimate of drug-likeness (QED) is 0.270. The van der Waals surface area contributed by atoms with Crippen molar-refractivity contribution in [1.29, 1.82) is 0 Å². The summed E-state index contributed by atoms with van der Waals surface area (Å²) in [6, 6.07) is 0. The molecule has 0 rings (SSSR count). The minimum atomic E-state index is 0. The van der Waals surface area contributed by atoms with Crippen LogP contribution in [0, 0.1) is 0 Å². The SMILES string of the molecule is [Cl-].[Cl-].[Cl-].[Cl-].[Cl-].[Cl-].[Cl-].[Cl-].[Cl-].[Cl-].[Cl-].[Mo+6].[V+5]. The van der Waals surface area contributed by atoms with E-state index in [0.717, 1.165) is 0 Å². The van der Waals surface area contributed by atoms with Gasteiger partial charge in [-0.1, -0.05) is 0 Å². The molecule has 0 heterocycles. The largest absolute Gasteiger partial charge is 6.00 e. The smallest absolute Gasteiger partial charge is 1.00 e. The van der Waals surface area contributed by atoms with Crippen molar-refractivity contribution >= 4 is 0 Å². The minimum Gasteiger partial charge on any atom is -1.00 e. The molecular weight excluding hydrogens is 537 g/mol. The second-order valence-corrected chi connectivity index (χ2v) is 0. The normalized spacial score (nSPS) is 0. The van der Waals surface area contributed by atoms with Crippen LogP contribution in [-0.2, 0) is 39.6 Å². The fourth-order valence-corrected chi connectivity index (χ4v) is 0. The molecule has 0 saturated heterocycles. The zero-order valence-electron chi connectivity index (χ0n) is 5.01. The minimum absolute atomic E-state index is 0. The molecule has 0 amide bonds. The van der Waals surface area contributed by atoms with Crippen LogP contribution in [0.25, 0.3) is 0 Å². The first-order chi connectivity index (χ1) is 0. The van der Waals surface area contributed by atoms with Crippen molar-refractivity contribution in [2.75, 3.05) is 0 Å². The molecule has 0 aromatic carbocycles. The maximum Gasteiger partial charge on any atom is 6.00 e. The summed E-state index contributed by atoms with van der Waals surface area (Å²) in [6.45, 7) is 0. The van der Waals surface area contributed by atoms with Crippen molar-refractivity contribution in [2.24, 2.45) is 0 Å². The van der Waals surface area contributed by atoms with E-state index >= 15 is 0 Å². The van der Waals surface area contributed by atoms with Crippen molar-refractivity contribution < 1.29 is 176 Å². The van der Waals surface area contributed by atoms with E-state index in [2.05, 4.69) is 0 Å². The summed E-state index contributed by atoms with van der Waals surface area (Å²) < 4.78 is 0. The summed E-state index contributed by atoms with van der Waals surface area (Å²) in [5, 5.41) is 0.